The highest BCUT2D eigenvalue weighted by Crippen LogP contribution is 2.19. The van der Waals surface area contributed by atoms with E-state index in [1.807, 2.05) is 14.0 Å². The normalized spacial score (nSPS) is 11.1. The van der Waals surface area contributed by atoms with Crippen LogP contribution in [0.25, 0.3) is 11.0 Å². The van der Waals surface area contributed by atoms with Crippen LogP contribution in [0.15, 0.2) is 6.20 Å². The Bertz CT molecular complexity index is 614. The Morgan fingerprint density at radius 2 is 2.26 bits per heavy atom. The van der Waals surface area contributed by atoms with Crippen LogP contribution in [0.5, 0.6) is 0 Å². The zero-order valence-corrected chi connectivity index (χ0v) is 11.7. The summed E-state index contributed by atoms with van der Waals surface area (Å²) < 4.78 is 1.68. The number of hydrogen-bond acceptors (Lipinski definition) is 5. The van der Waals surface area contributed by atoms with E-state index in [9.17, 15) is 0 Å². The van der Waals surface area contributed by atoms with Gasteiger partial charge in [0.05, 0.1) is 24.2 Å². The molecule has 19 heavy (non-hydrogen) atoms. The van der Waals surface area contributed by atoms with Crippen molar-refractivity contribution in [3.8, 4) is 6.07 Å². The highest BCUT2D eigenvalue weighted by atomic mass is 35.5. The average molecular weight is 279 g/mol. The average Bonchev–Trinajstić information content (AvgIpc) is 2.77. The minimum Gasteiger partial charge on any atom is -0.295 e. The van der Waals surface area contributed by atoms with Gasteiger partial charge in [0, 0.05) is 20.0 Å². The number of aromatic nitrogens is 4. The summed E-state index contributed by atoms with van der Waals surface area (Å²) in [5.41, 5.74) is 0.728. The molecule has 0 unspecified atom stereocenters. The smallest absolute Gasteiger partial charge is 0.162 e. The highest BCUT2D eigenvalue weighted by Gasteiger charge is 2.12. The molecule has 0 aliphatic carbocycles. The van der Waals surface area contributed by atoms with Crippen LogP contribution >= 0.6 is 11.6 Å². The molecule has 0 saturated carbocycles. The van der Waals surface area contributed by atoms with Gasteiger partial charge in [0.2, 0.25) is 0 Å². The summed E-state index contributed by atoms with van der Waals surface area (Å²) >= 11 is 6.13. The number of nitrogens with zero attached hydrogens (tertiary/aromatic N) is 6. The third-order valence-electron chi connectivity index (χ3n) is 2.94. The predicted molar refractivity (Wildman–Crippen MR) is 72.5 cm³/mol. The molecule has 6 nitrogen and oxygen atoms in total. The lowest BCUT2D eigenvalue weighted by Gasteiger charge is -2.17. The fourth-order valence-corrected chi connectivity index (χ4v) is 2.09. The van der Waals surface area contributed by atoms with Crippen molar-refractivity contribution in [1.29, 1.82) is 5.26 Å². The molecule has 2 aromatic heterocycles. The van der Waals surface area contributed by atoms with Crippen LogP contribution in [0.2, 0.25) is 5.15 Å². The van der Waals surface area contributed by atoms with E-state index in [0.717, 1.165) is 17.6 Å². The molecule has 0 aromatic carbocycles. The molecule has 0 amide bonds. The van der Waals surface area contributed by atoms with Crippen molar-refractivity contribution < 1.29 is 0 Å². The summed E-state index contributed by atoms with van der Waals surface area (Å²) in [4.78, 5) is 10.9. The zero-order valence-electron chi connectivity index (χ0n) is 11.0. The number of nitriles is 1. The summed E-state index contributed by atoms with van der Waals surface area (Å²) in [6.45, 7) is 4.17. The summed E-state index contributed by atoms with van der Waals surface area (Å²) in [5, 5.41) is 13.9. The third kappa shape index (κ3) is 3.00. The Kier molecular flexibility index (Phi) is 4.30. The highest BCUT2D eigenvalue weighted by molar-refractivity contribution is 6.33. The molecule has 2 heterocycles. The molecular formula is C12H15ClN6. The van der Waals surface area contributed by atoms with Crippen LogP contribution in [0.1, 0.15) is 19.2 Å². The van der Waals surface area contributed by atoms with E-state index in [1.54, 1.807) is 10.9 Å². The molecule has 100 valence electrons. The first-order chi connectivity index (χ1) is 9.15. The standard InChI is InChI=1S/C12H15ClN6/c1-3-19(6-4-5-14)8-10-16-11(13)9-7-15-18(2)12(9)17-10/h7H,3-4,6,8H2,1-2H3. The van der Waals surface area contributed by atoms with Crippen LogP contribution in [0.3, 0.4) is 0 Å². The van der Waals surface area contributed by atoms with Crippen LogP contribution in [-0.4, -0.2) is 37.7 Å². The van der Waals surface area contributed by atoms with E-state index in [2.05, 4.69) is 26.0 Å². The molecule has 0 radical (unpaired) electrons. The Labute approximate surface area is 116 Å². The van der Waals surface area contributed by atoms with Crippen molar-refractivity contribution in [3.63, 3.8) is 0 Å². The van der Waals surface area contributed by atoms with E-state index >= 15 is 0 Å². The molecule has 0 aliphatic heterocycles. The minimum absolute atomic E-state index is 0.421. The van der Waals surface area contributed by atoms with Crippen LogP contribution in [-0.2, 0) is 13.6 Å². The summed E-state index contributed by atoms with van der Waals surface area (Å²) in [6.07, 6.45) is 2.16. The Morgan fingerprint density at radius 3 is 2.95 bits per heavy atom. The first kappa shape index (κ1) is 13.7. The lowest BCUT2D eigenvalue weighted by atomic mass is 10.3. The van der Waals surface area contributed by atoms with Gasteiger partial charge < -0.3 is 0 Å². The van der Waals surface area contributed by atoms with E-state index in [1.165, 1.54) is 0 Å². The SMILES string of the molecule is CCN(CCC#N)Cc1nc(Cl)c2cnn(C)c2n1. The van der Waals surface area contributed by atoms with Gasteiger partial charge in [0.15, 0.2) is 5.65 Å². The number of hydrogen-bond donors (Lipinski definition) is 0. The van der Waals surface area contributed by atoms with Crippen LogP contribution < -0.4 is 0 Å². The Morgan fingerprint density at radius 1 is 1.47 bits per heavy atom. The van der Waals surface area contributed by atoms with Crippen molar-refractivity contribution in [3.05, 3.63) is 17.2 Å². The summed E-state index contributed by atoms with van der Waals surface area (Å²) in [6, 6.07) is 2.14. The Hall–Kier alpha value is -1.71. The molecule has 0 N–H and O–H groups in total. The van der Waals surface area contributed by atoms with Crippen molar-refractivity contribution >= 4 is 22.6 Å². The van der Waals surface area contributed by atoms with Gasteiger partial charge in [-0.05, 0) is 6.54 Å². The lowest BCUT2D eigenvalue weighted by molar-refractivity contribution is 0.279. The molecule has 0 bridgehead atoms. The van der Waals surface area contributed by atoms with Crippen molar-refractivity contribution in [2.75, 3.05) is 13.1 Å². The third-order valence-corrected chi connectivity index (χ3v) is 3.23. The fourth-order valence-electron chi connectivity index (χ4n) is 1.86. The number of aryl methyl sites for hydroxylation is 1. The maximum Gasteiger partial charge on any atom is 0.162 e. The quantitative estimate of drug-likeness (QED) is 0.779. The fraction of sp³-hybridized carbons (Fsp3) is 0.500. The molecule has 0 saturated heterocycles. The van der Waals surface area contributed by atoms with Crippen LogP contribution in [0, 0.1) is 11.3 Å². The maximum absolute atomic E-state index is 8.63. The van der Waals surface area contributed by atoms with Gasteiger partial charge >= 0.3 is 0 Å². The van der Waals surface area contributed by atoms with E-state index in [-0.39, 0.29) is 0 Å². The van der Waals surface area contributed by atoms with Gasteiger partial charge in [-0.2, -0.15) is 10.4 Å². The molecular weight excluding hydrogens is 264 g/mol. The second-order valence-corrected chi connectivity index (χ2v) is 4.57. The van der Waals surface area contributed by atoms with Gasteiger partial charge in [0.25, 0.3) is 0 Å². The second kappa shape index (κ2) is 5.95. The van der Waals surface area contributed by atoms with Gasteiger partial charge in [-0.15, -0.1) is 0 Å². The number of fused-ring (bicyclic) bond motifs is 1. The molecule has 0 atom stereocenters. The summed E-state index contributed by atoms with van der Waals surface area (Å²) in [5.74, 6) is 0.654. The van der Waals surface area contributed by atoms with Crippen LogP contribution in [0.4, 0.5) is 0 Å². The summed E-state index contributed by atoms with van der Waals surface area (Å²) in [7, 11) is 1.82. The number of rotatable bonds is 5. The maximum atomic E-state index is 8.63. The minimum atomic E-state index is 0.421. The molecule has 7 heteroatoms. The predicted octanol–water partition coefficient (Wildman–Crippen LogP) is 1.75. The molecule has 2 rings (SSSR count). The van der Waals surface area contributed by atoms with Crippen molar-refractivity contribution in [2.45, 2.75) is 19.9 Å². The zero-order chi connectivity index (χ0) is 13.8. The first-order valence-electron chi connectivity index (χ1n) is 6.09. The largest absolute Gasteiger partial charge is 0.295 e. The van der Waals surface area contributed by atoms with Crippen molar-refractivity contribution in [1.82, 2.24) is 24.6 Å². The molecule has 2 aromatic rings. The van der Waals surface area contributed by atoms with E-state index in [4.69, 9.17) is 16.9 Å². The molecule has 0 fully saturated rings. The van der Waals surface area contributed by atoms with Gasteiger partial charge in [-0.1, -0.05) is 18.5 Å². The first-order valence-corrected chi connectivity index (χ1v) is 6.47. The molecule has 0 spiro atoms. The van der Waals surface area contributed by atoms with Gasteiger partial charge in [-0.25, -0.2) is 9.97 Å². The molecule has 0 aliphatic rings. The lowest BCUT2D eigenvalue weighted by Crippen LogP contribution is -2.25. The number of halogens is 1. The van der Waals surface area contributed by atoms with Gasteiger partial charge in [-0.3, -0.25) is 9.58 Å². The topological polar surface area (TPSA) is 70.6 Å². The monoisotopic (exact) mass is 278 g/mol. The van der Waals surface area contributed by atoms with Gasteiger partial charge in [0.1, 0.15) is 11.0 Å². The van der Waals surface area contributed by atoms with E-state index < -0.39 is 0 Å². The Balaban J connectivity index is 2.25. The van der Waals surface area contributed by atoms with Crippen molar-refractivity contribution in [2.24, 2.45) is 7.05 Å². The van der Waals surface area contributed by atoms with E-state index in [0.29, 0.717) is 30.5 Å². The second-order valence-electron chi connectivity index (χ2n) is 4.21.